The summed E-state index contributed by atoms with van der Waals surface area (Å²) in [4.78, 5) is 8.25. The summed E-state index contributed by atoms with van der Waals surface area (Å²) < 4.78 is 16.8. The van der Waals surface area contributed by atoms with Crippen LogP contribution in [0.5, 0.6) is 0 Å². The molecule has 0 amide bonds. The molecule has 1 aromatic heterocycles. The predicted molar refractivity (Wildman–Crippen MR) is 113 cm³/mol. The van der Waals surface area contributed by atoms with Crippen molar-refractivity contribution in [2.75, 3.05) is 66.3 Å². The fraction of sp³-hybridized carbons (Fsp3) is 0.750. The van der Waals surface area contributed by atoms with Gasteiger partial charge in [0.1, 0.15) is 0 Å². The van der Waals surface area contributed by atoms with Gasteiger partial charge in [0, 0.05) is 57.9 Å². The minimum Gasteiger partial charge on any atom is -0.381 e. The third-order valence-corrected chi connectivity index (χ3v) is 6.15. The van der Waals surface area contributed by atoms with Gasteiger partial charge < -0.3 is 24.8 Å². The van der Waals surface area contributed by atoms with E-state index in [1.165, 1.54) is 4.88 Å². The Labute approximate surface area is 172 Å². The molecule has 1 atom stereocenters. The lowest BCUT2D eigenvalue weighted by molar-refractivity contribution is -0.0320. The Kier molecular flexibility index (Phi) is 9.52. The van der Waals surface area contributed by atoms with Crippen molar-refractivity contribution in [1.82, 2.24) is 15.5 Å². The second kappa shape index (κ2) is 12.4. The lowest BCUT2D eigenvalue weighted by Gasteiger charge is -2.34. The maximum Gasteiger partial charge on any atom is 0.191 e. The van der Waals surface area contributed by atoms with Crippen molar-refractivity contribution >= 4 is 17.3 Å². The summed E-state index contributed by atoms with van der Waals surface area (Å²) in [5.41, 5.74) is 0. The lowest BCUT2D eigenvalue weighted by atomic mass is 10.1. The van der Waals surface area contributed by atoms with Crippen molar-refractivity contribution in [2.24, 2.45) is 4.99 Å². The highest BCUT2D eigenvalue weighted by atomic mass is 32.1. The molecule has 1 aromatic rings. The van der Waals surface area contributed by atoms with Crippen molar-refractivity contribution in [2.45, 2.75) is 31.4 Å². The van der Waals surface area contributed by atoms with Gasteiger partial charge in [-0.15, -0.1) is 11.3 Å². The summed E-state index contributed by atoms with van der Waals surface area (Å²) in [5.74, 6) is 0.848. The van der Waals surface area contributed by atoms with E-state index >= 15 is 0 Å². The number of ether oxygens (including phenoxy) is 3. The van der Waals surface area contributed by atoms with Crippen molar-refractivity contribution in [3.63, 3.8) is 0 Å². The summed E-state index contributed by atoms with van der Waals surface area (Å²) in [7, 11) is 1.82. The van der Waals surface area contributed by atoms with Crippen LogP contribution >= 0.6 is 11.3 Å². The van der Waals surface area contributed by atoms with Crippen LogP contribution in [0.25, 0.3) is 0 Å². The van der Waals surface area contributed by atoms with E-state index in [0.29, 0.717) is 12.1 Å². The van der Waals surface area contributed by atoms with Crippen LogP contribution in [0.4, 0.5) is 0 Å². The summed E-state index contributed by atoms with van der Waals surface area (Å²) in [5, 5.41) is 9.05. The third kappa shape index (κ3) is 7.00. The van der Waals surface area contributed by atoms with Gasteiger partial charge in [-0.05, 0) is 30.7 Å². The summed E-state index contributed by atoms with van der Waals surface area (Å²) in [6.07, 6.45) is 3.37. The number of nitrogens with zero attached hydrogens (tertiary/aromatic N) is 2. The summed E-state index contributed by atoms with van der Waals surface area (Å²) in [6, 6.07) is 4.69. The highest BCUT2D eigenvalue weighted by Crippen LogP contribution is 2.25. The second-order valence-corrected chi connectivity index (χ2v) is 8.07. The number of nitrogens with one attached hydrogen (secondary N) is 2. The molecule has 7 nitrogen and oxygen atoms in total. The van der Waals surface area contributed by atoms with Crippen molar-refractivity contribution < 1.29 is 14.2 Å². The number of morpholine rings is 1. The number of rotatable bonds is 9. The van der Waals surface area contributed by atoms with E-state index in [9.17, 15) is 0 Å². The zero-order valence-corrected chi connectivity index (χ0v) is 17.7. The molecule has 2 aliphatic heterocycles. The minimum absolute atomic E-state index is 0.347. The largest absolute Gasteiger partial charge is 0.381 e. The molecule has 2 N–H and O–H groups in total. The number of hydrogen-bond acceptors (Lipinski definition) is 6. The van der Waals surface area contributed by atoms with Gasteiger partial charge in [-0.1, -0.05) is 6.07 Å². The first-order valence-corrected chi connectivity index (χ1v) is 11.2. The van der Waals surface area contributed by atoms with Crippen LogP contribution in [0.15, 0.2) is 22.5 Å². The van der Waals surface area contributed by atoms with Gasteiger partial charge in [0.15, 0.2) is 5.96 Å². The molecule has 0 aliphatic carbocycles. The molecular weight excluding hydrogens is 376 g/mol. The summed E-state index contributed by atoms with van der Waals surface area (Å²) in [6.45, 7) is 7.68. The Balaban J connectivity index is 1.37. The van der Waals surface area contributed by atoms with E-state index in [2.05, 4.69) is 38.0 Å². The molecule has 2 fully saturated rings. The van der Waals surface area contributed by atoms with E-state index in [4.69, 9.17) is 14.2 Å². The van der Waals surface area contributed by atoms with Gasteiger partial charge in [0.05, 0.1) is 25.4 Å². The Bertz CT molecular complexity index is 558. The molecule has 2 saturated heterocycles. The molecule has 3 heterocycles. The van der Waals surface area contributed by atoms with Crippen molar-refractivity contribution in [1.29, 1.82) is 0 Å². The second-order valence-electron chi connectivity index (χ2n) is 7.10. The van der Waals surface area contributed by atoms with Crippen LogP contribution in [-0.2, 0) is 14.2 Å². The quantitative estimate of drug-likeness (QED) is 0.368. The third-order valence-electron chi connectivity index (χ3n) is 5.18. The van der Waals surface area contributed by atoms with Crippen LogP contribution in [-0.4, -0.2) is 83.2 Å². The predicted octanol–water partition coefficient (Wildman–Crippen LogP) is 1.87. The Morgan fingerprint density at radius 2 is 2.04 bits per heavy atom. The molecule has 0 radical (unpaired) electrons. The smallest absolute Gasteiger partial charge is 0.191 e. The Morgan fingerprint density at radius 1 is 1.25 bits per heavy atom. The van der Waals surface area contributed by atoms with E-state index in [-0.39, 0.29) is 0 Å². The Morgan fingerprint density at radius 3 is 2.75 bits per heavy atom. The number of aliphatic imine (C=N–C) groups is 1. The number of guanidine groups is 1. The van der Waals surface area contributed by atoms with Crippen molar-refractivity contribution in [3.8, 4) is 0 Å². The van der Waals surface area contributed by atoms with E-state index in [0.717, 1.165) is 84.4 Å². The average Bonchev–Trinajstić information content (AvgIpc) is 3.28. The topological polar surface area (TPSA) is 67.4 Å². The first-order valence-electron chi connectivity index (χ1n) is 10.4. The maximum atomic E-state index is 5.93. The van der Waals surface area contributed by atoms with E-state index < -0.39 is 0 Å². The molecule has 0 aromatic carbocycles. The lowest BCUT2D eigenvalue weighted by Crippen LogP contribution is -2.46. The highest BCUT2D eigenvalue weighted by Gasteiger charge is 2.23. The van der Waals surface area contributed by atoms with Gasteiger partial charge in [-0.25, -0.2) is 0 Å². The first-order chi connectivity index (χ1) is 13.9. The first kappa shape index (κ1) is 21.5. The van der Waals surface area contributed by atoms with Gasteiger partial charge in [0.2, 0.25) is 0 Å². The number of hydrogen-bond donors (Lipinski definition) is 2. The molecule has 0 saturated carbocycles. The molecule has 0 spiro atoms. The molecule has 0 bridgehead atoms. The Hall–Kier alpha value is -1.19. The SMILES string of the molecule is CN=C(NCCCOC1CCOCC1)NCC(c1cccs1)N1CCOCC1. The molecule has 158 valence electrons. The number of thiophene rings is 1. The minimum atomic E-state index is 0.347. The fourth-order valence-corrected chi connectivity index (χ4v) is 4.43. The van der Waals surface area contributed by atoms with Crippen LogP contribution < -0.4 is 10.6 Å². The van der Waals surface area contributed by atoms with Crippen LogP contribution in [0.1, 0.15) is 30.2 Å². The van der Waals surface area contributed by atoms with Crippen LogP contribution in [0.3, 0.4) is 0 Å². The fourth-order valence-electron chi connectivity index (χ4n) is 3.57. The zero-order chi connectivity index (χ0) is 19.4. The van der Waals surface area contributed by atoms with Gasteiger partial charge in [0.25, 0.3) is 0 Å². The zero-order valence-electron chi connectivity index (χ0n) is 16.9. The van der Waals surface area contributed by atoms with E-state index in [1.54, 1.807) is 0 Å². The highest BCUT2D eigenvalue weighted by molar-refractivity contribution is 7.10. The van der Waals surface area contributed by atoms with Gasteiger partial charge in [-0.2, -0.15) is 0 Å². The maximum absolute atomic E-state index is 5.93. The average molecular weight is 411 g/mol. The molecule has 2 aliphatic rings. The van der Waals surface area contributed by atoms with Gasteiger partial charge >= 0.3 is 0 Å². The van der Waals surface area contributed by atoms with Crippen LogP contribution in [0.2, 0.25) is 0 Å². The monoisotopic (exact) mass is 410 g/mol. The normalized spacial score (nSPS) is 20.8. The molecule has 3 rings (SSSR count). The standard InChI is InChI=1S/C20H34N4O3S/c1-21-20(22-7-3-10-27-17-5-11-25-12-6-17)23-16-18(19-4-2-15-28-19)24-8-13-26-14-9-24/h2,4,15,17-18H,3,5-14,16H2,1H3,(H2,21,22,23). The molecule has 8 heteroatoms. The molecule has 28 heavy (non-hydrogen) atoms. The van der Waals surface area contributed by atoms with Crippen molar-refractivity contribution in [3.05, 3.63) is 22.4 Å². The van der Waals surface area contributed by atoms with Crippen LogP contribution in [0, 0.1) is 0 Å². The summed E-state index contributed by atoms with van der Waals surface area (Å²) >= 11 is 1.81. The molecule has 1 unspecified atom stereocenters. The van der Waals surface area contributed by atoms with E-state index in [1.807, 2.05) is 18.4 Å². The van der Waals surface area contributed by atoms with Gasteiger partial charge in [-0.3, -0.25) is 9.89 Å². The molecular formula is C20H34N4O3S.